The van der Waals surface area contributed by atoms with Crippen molar-refractivity contribution in [3.63, 3.8) is 0 Å². The zero-order valence-electron chi connectivity index (χ0n) is 12.3. The predicted octanol–water partition coefficient (Wildman–Crippen LogP) is 3.06. The van der Waals surface area contributed by atoms with Crippen molar-refractivity contribution < 1.29 is 0 Å². The molecular weight excluding hydrogens is 266 g/mol. The molecule has 3 nitrogen and oxygen atoms in total. The van der Waals surface area contributed by atoms with Gasteiger partial charge in [-0.2, -0.15) is 0 Å². The molecule has 0 aliphatic rings. The van der Waals surface area contributed by atoms with Crippen LogP contribution in [0.2, 0.25) is 0 Å². The monoisotopic (exact) mass is 289 g/mol. The molecule has 1 aromatic carbocycles. The highest BCUT2D eigenvalue weighted by atomic mass is 32.1. The molecule has 0 saturated heterocycles. The van der Waals surface area contributed by atoms with Crippen LogP contribution in [0.4, 0.5) is 0 Å². The average molecular weight is 289 g/mol. The van der Waals surface area contributed by atoms with Gasteiger partial charge in [0.25, 0.3) is 0 Å². The predicted molar refractivity (Wildman–Crippen MR) is 86.0 cm³/mol. The fraction of sp³-hybridized carbons (Fsp3) is 0.438. The highest BCUT2D eigenvalue weighted by molar-refractivity contribution is 7.09. The lowest BCUT2D eigenvalue weighted by molar-refractivity contribution is 0.319. The van der Waals surface area contributed by atoms with Gasteiger partial charge in [0.1, 0.15) is 5.01 Å². The normalized spacial score (nSPS) is 11.2. The van der Waals surface area contributed by atoms with E-state index in [-0.39, 0.29) is 0 Å². The van der Waals surface area contributed by atoms with Crippen LogP contribution in [0.5, 0.6) is 0 Å². The third kappa shape index (κ3) is 5.41. The average Bonchev–Trinajstić information content (AvgIpc) is 2.85. The number of rotatable bonds is 8. The van der Waals surface area contributed by atoms with E-state index in [0.717, 1.165) is 38.3 Å². The number of thiazole rings is 1. The van der Waals surface area contributed by atoms with Gasteiger partial charge in [-0.15, -0.1) is 11.3 Å². The van der Waals surface area contributed by atoms with Crippen molar-refractivity contribution in [2.45, 2.75) is 26.4 Å². The Balaban J connectivity index is 1.56. The van der Waals surface area contributed by atoms with Crippen LogP contribution in [-0.4, -0.2) is 30.0 Å². The van der Waals surface area contributed by atoms with Crippen LogP contribution >= 0.6 is 11.3 Å². The van der Waals surface area contributed by atoms with Crippen molar-refractivity contribution >= 4 is 11.3 Å². The van der Waals surface area contributed by atoms with Gasteiger partial charge in [-0.05, 0) is 39.0 Å². The quantitative estimate of drug-likeness (QED) is 0.757. The molecule has 0 aliphatic carbocycles. The molecule has 0 amide bonds. The molecule has 0 radical (unpaired) electrons. The summed E-state index contributed by atoms with van der Waals surface area (Å²) >= 11 is 1.73. The second kappa shape index (κ2) is 8.15. The molecule has 0 aliphatic heterocycles. The van der Waals surface area contributed by atoms with Crippen molar-refractivity contribution in [2.24, 2.45) is 0 Å². The second-order valence-electron chi connectivity index (χ2n) is 5.14. The van der Waals surface area contributed by atoms with Crippen LogP contribution in [-0.2, 0) is 13.1 Å². The summed E-state index contributed by atoms with van der Waals surface area (Å²) in [4.78, 5) is 6.81. The van der Waals surface area contributed by atoms with Crippen LogP contribution in [0.25, 0.3) is 0 Å². The van der Waals surface area contributed by atoms with Crippen LogP contribution in [0.1, 0.15) is 22.7 Å². The number of hydrogen-bond donors (Lipinski definition) is 1. The van der Waals surface area contributed by atoms with E-state index in [1.54, 1.807) is 11.3 Å². The van der Waals surface area contributed by atoms with Gasteiger partial charge < -0.3 is 10.2 Å². The first-order valence-electron chi connectivity index (χ1n) is 7.08. The Labute approximate surface area is 125 Å². The Morgan fingerprint density at radius 1 is 1.25 bits per heavy atom. The first kappa shape index (κ1) is 15.2. The first-order valence-corrected chi connectivity index (χ1v) is 7.96. The maximum atomic E-state index is 4.44. The molecular formula is C16H23N3S. The summed E-state index contributed by atoms with van der Waals surface area (Å²) in [7, 11) is 2.18. The molecule has 1 aromatic heterocycles. The maximum absolute atomic E-state index is 4.44. The number of hydrogen-bond acceptors (Lipinski definition) is 4. The zero-order valence-corrected chi connectivity index (χ0v) is 13.1. The fourth-order valence-electron chi connectivity index (χ4n) is 2.13. The Hall–Kier alpha value is -1.23. The van der Waals surface area contributed by atoms with Crippen molar-refractivity contribution in [2.75, 3.05) is 20.1 Å². The van der Waals surface area contributed by atoms with Gasteiger partial charge in [0.2, 0.25) is 0 Å². The Kier molecular flexibility index (Phi) is 6.18. The Bertz CT molecular complexity index is 495. The van der Waals surface area contributed by atoms with Crippen molar-refractivity contribution in [3.8, 4) is 0 Å². The Morgan fingerprint density at radius 3 is 2.75 bits per heavy atom. The topological polar surface area (TPSA) is 28.2 Å². The minimum absolute atomic E-state index is 0.890. The summed E-state index contributed by atoms with van der Waals surface area (Å²) in [5.41, 5.74) is 2.50. The van der Waals surface area contributed by atoms with Crippen LogP contribution in [0, 0.1) is 6.92 Å². The third-order valence-electron chi connectivity index (χ3n) is 3.13. The number of aromatic nitrogens is 1. The summed E-state index contributed by atoms with van der Waals surface area (Å²) < 4.78 is 0. The van der Waals surface area contributed by atoms with E-state index in [1.165, 1.54) is 10.6 Å². The third-order valence-corrected chi connectivity index (χ3v) is 4.10. The molecule has 2 aromatic rings. The molecule has 4 heteroatoms. The highest BCUT2D eigenvalue weighted by Gasteiger charge is 2.00. The largest absolute Gasteiger partial charge is 0.310 e. The summed E-state index contributed by atoms with van der Waals surface area (Å²) in [5.74, 6) is 0. The lowest BCUT2D eigenvalue weighted by atomic mass is 10.2. The summed E-state index contributed by atoms with van der Waals surface area (Å²) in [6.45, 7) is 6.10. The van der Waals surface area contributed by atoms with E-state index in [0.29, 0.717) is 0 Å². The molecule has 20 heavy (non-hydrogen) atoms. The molecule has 2 rings (SSSR count). The van der Waals surface area contributed by atoms with Gasteiger partial charge in [-0.25, -0.2) is 4.98 Å². The molecule has 0 atom stereocenters. The van der Waals surface area contributed by atoms with Gasteiger partial charge in [-0.1, -0.05) is 30.3 Å². The second-order valence-corrected chi connectivity index (χ2v) is 6.08. The van der Waals surface area contributed by atoms with Gasteiger partial charge in [0.15, 0.2) is 0 Å². The van der Waals surface area contributed by atoms with Crippen LogP contribution < -0.4 is 5.32 Å². The number of nitrogens with zero attached hydrogens (tertiary/aromatic N) is 2. The van der Waals surface area contributed by atoms with E-state index < -0.39 is 0 Å². The first-order chi connectivity index (χ1) is 9.74. The molecule has 108 valence electrons. The number of nitrogens with one attached hydrogen (secondary N) is 1. The molecule has 0 unspecified atom stereocenters. The van der Waals surface area contributed by atoms with Crippen molar-refractivity contribution in [3.05, 3.63) is 52.0 Å². The van der Waals surface area contributed by atoms with E-state index in [2.05, 4.69) is 58.0 Å². The molecule has 1 N–H and O–H groups in total. The van der Waals surface area contributed by atoms with Gasteiger partial charge >= 0.3 is 0 Å². The van der Waals surface area contributed by atoms with Crippen LogP contribution in [0.15, 0.2) is 35.7 Å². The molecule has 0 spiro atoms. The van der Waals surface area contributed by atoms with E-state index in [4.69, 9.17) is 0 Å². The number of benzene rings is 1. The van der Waals surface area contributed by atoms with Crippen molar-refractivity contribution in [1.29, 1.82) is 0 Å². The Morgan fingerprint density at radius 2 is 2.05 bits per heavy atom. The minimum Gasteiger partial charge on any atom is -0.310 e. The van der Waals surface area contributed by atoms with Crippen molar-refractivity contribution in [1.82, 2.24) is 15.2 Å². The smallest absolute Gasteiger partial charge is 0.107 e. The fourth-order valence-corrected chi connectivity index (χ4v) is 2.87. The number of aryl methyl sites for hydroxylation is 1. The SMILES string of the molecule is Cc1csc(CNCCCN(C)Cc2ccccc2)n1. The maximum Gasteiger partial charge on any atom is 0.107 e. The summed E-state index contributed by atoms with van der Waals surface area (Å²) in [6.07, 6.45) is 1.16. The molecule has 0 bridgehead atoms. The molecule has 1 heterocycles. The van der Waals surface area contributed by atoms with Crippen LogP contribution in [0.3, 0.4) is 0 Å². The summed E-state index contributed by atoms with van der Waals surface area (Å²) in [5, 5.41) is 6.74. The minimum atomic E-state index is 0.890. The highest BCUT2D eigenvalue weighted by Crippen LogP contribution is 2.07. The summed E-state index contributed by atoms with van der Waals surface area (Å²) in [6, 6.07) is 10.6. The molecule has 0 saturated carbocycles. The van der Waals surface area contributed by atoms with Gasteiger partial charge in [0, 0.05) is 24.2 Å². The van der Waals surface area contributed by atoms with Gasteiger partial charge in [0.05, 0.1) is 0 Å². The lowest BCUT2D eigenvalue weighted by Gasteiger charge is -2.16. The van der Waals surface area contributed by atoms with E-state index in [9.17, 15) is 0 Å². The van der Waals surface area contributed by atoms with E-state index >= 15 is 0 Å². The lowest BCUT2D eigenvalue weighted by Crippen LogP contribution is -2.23. The zero-order chi connectivity index (χ0) is 14.2. The van der Waals surface area contributed by atoms with E-state index in [1.807, 2.05) is 6.92 Å². The van der Waals surface area contributed by atoms with Gasteiger partial charge in [-0.3, -0.25) is 0 Å². The standard InChI is InChI=1S/C16H23N3S/c1-14-13-20-16(18-14)11-17-9-6-10-19(2)12-15-7-4-3-5-8-15/h3-5,7-8,13,17H,6,9-12H2,1-2H3. The molecule has 0 fully saturated rings.